The number of hydrogen-bond acceptors (Lipinski definition) is 4. The third kappa shape index (κ3) is 3.52. The van der Waals surface area contributed by atoms with E-state index in [0.717, 1.165) is 17.5 Å². The van der Waals surface area contributed by atoms with Crippen LogP contribution in [-0.2, 0) is 0 Å². The molecule has 2 aromatic carbocycles. The number of likely N-dealkylation sites (tertiary alicyclic amines) is 1. The van der Waals surface area contributed by atoms with Crippen molar-refractivity contribution in [2.24, 2.45) is 0 Å². The second kappa shape index (κ2) is 7.21. The van der Waals surface area contributed by atoms with Crippen molar-refractivity contribution < 1.29 is 13.9 Å². The van der Waals surface area contributed by atoms with E-state index in [-0.39, 0.29) is 17.8 Å². The maximum absolute atomic E-state index is 13.7. The van der Waals surface area contributed by atoms with Crippen molar-refractivity contribution in [3.05, 3.63) is 58.9 Å². The predicted molar refractivity (Wildman–Crippen MR) is 101 cm³/mol. The Morgan fingerprint density at radius 2 is 1.92 bits per heavy atom. The highest BCUT2D eigenvalue weighted by Gasteiger charge is 2.25. The van der Waals surface area contributed by atoms with Crippen LogP contribution in [0, 0.1) is 5.82 Å². The molecule has 1 fully saturated rings. The number of thiazole rings is 1. The molecule has 0 saturated carbocycles. The molecule has 3 aromatic rings. The minimum Gasteiger partial charge on any atom is -0.467 e. The molecule has 0 aliphatic carbocycles. The summed E-state index contributed by atoms with van der Waals surface area (Å²) in [5.41, 5.74) is 0.985. The predicted octanol–water partition coefficient (Wildman–Crippen LogP) is 4.77. The van der Waals surface area contributed by atoms with Crippen LogP contribution in [0.3, 0.4) is 0 Å². The van der Waals surface area contributed by atoms with E-state index in [0.29, 0.717) is 34.4 Å². The third-order valence-electron chi connectivity index (χ3n) is 4.44. The van der Waals surface area contributed by atoms with Gasteiger partial charge in [0.1, 0.15) is 17.4 Å². The molecule has 0 N–H and O–H groups in total. The average molecular weight is 391 g/mol. The second-order valence-electron chi connectivity index (χ2n) is 6.18. The lowest BCUT2D eigenvalue weighted by atomic mass is 10.1. The number of nitrogens with zero attached hydrogens (tertiary/aromatic N) is 2. The number of aromatic nitrogens is 1. The van der Waals surface area contributed by atoms with Crippen LogP contribution in [0.15, 0.2) is 42.5 Å². The minimum absolute atomic E-state index is 0.00201. The molecule has 4 nitrogen and oxygen atoms in total. The third-order valence-corrected chi connectivity index (χ3v) is 5.60. The Labute approximate surface area is 159 Å². The lowest BCUT2D eigenvalue weighted by molar-refractivity contribution is 0.0595. The van der Waals surface area contributed by atoms with E-state index in [2.05, 4.69) is 4.98 Å². The van der Waals surface area contributed by atoms with Gasteiger partial charge in [-0.25, -0.2) is 4.39 Å². The number of carbonyl (C=O) groups excluding carboxylic acids is 1. The maximum Gasteiger partial charge on any atom is 0.274 e. The molecule has 1 saturated heterocycles. The summed E-state index contributed by atoms with van der Waals surface area (Å²) in [7, 11) is 0. The molecule has 7 heteroatoms. The van der Waals surface area contributed by atoms with Gasteiger partial charge in [0.25, 0.3) is 11.1 Å². The number of ether oxygens (including phenoxy) is 1. The van der Waals surface area contributed by atoms with E-state index in [1.807, 2.05) is 11.0 Å². The van der Waals surface area contributed by atoms with Crippen molar-refractivity contribution >= 4 is 39.1 Å². The highest BCUT2D eigenvalue weighted by Crippen LogP contribution is 2.31. The van der Waals surface area contributed by atoms with E-state index in [1.54, 1.807) is 30.3 Å². The number of rotatable bonds is 3. The smallest absolute Gasteiger partial charge is 0.274 e. The van der Waals surface area contributed by atoms with Crippen LogP contribution >= 0.6 is 22.9 Å². The van der Waals surface area contributed by atoms with Gasteiger partial charge in [-0.15, -0.1) is 0 Å². The van der Waals surface area contributed by atoms with Crippen LogP contribution in [-0.4, -0.2) is 35.0 Å². The number of piperidine rings is 1. The number of para-hydroxylation sites is 1. The van der Waals surface area contributed by atoms with E-state index in [1.165, 1.54) is 17.4 Å². The van der Waals surface area contributed by atoms with Crippen molar-refractivity contribution in [1.82, 2.24) is 9.88 Å². The first-order valence-corrected chi connectivity index (χ1v) is 9.56. The largest absolute Gasteiger partial charge is 0.467 e. The van der Waals surface area contributed by atoms with Crippen LogP contribution in [0.4, 0.5) is 4.39 Å². The monoisotopic (exact) mass is 390 g/mol. The first-order valence-electron chi connectivity index (χ1n) is 8.37. The van der Waals surface area contributed by atoms with Gasteiger partial charge in [0.05, 0.1) is 4.70 Å². The molecule has 134 valence electrons. The SMILES string of the molecule is O=C(c1ccc(Cl)cc1)N1CCC(Oc2nc3c(F)cccc3s2)CC1. The number of amides is 1. The van der Waals surface area contributed by atoms with E-state index >= 15 is 0 Å². The van der Waals surface area contributed by atoms with Gasteiger partial charge < -0.3 is 9.64 Å². The fourth-order valence-electron chi connectivity index (χ4n) is 3.04. The van der Waals surface area contributed by atoms with Crippen LogP contribution in [0.2, 0.25) is 5.02 Å². The minimum atomic E-state index is -0.336. The highest BCUT2D eigenvalue weighted by atomic mass is 35.5. The van der Waals surface area contributed by atoms with Crippen molar-refractivity contribution in [3.8, 4) is 5.19 Å². The molecular weight excluding hydrogens is 375 g/mol. The Hall–Kier alpha value is -2.18. The van der Waals surface area contributed by atoms with E-state index in [9.17, 15) is 9.18 Å². The van der Waals surface area contributed by atoms with Gasteiger partial charge in [0.2, 0.25) is 0 Å². The first-order chi connectivity index (χ1) is 12.6. The number of halogens is 2. The molecule has 0 atom stereocenters. The molecule has 1 aromatic heterocycles. The summed E-state index contributed by atoms with van der Waals surface area (Å²) >= 11 is 7.21. The zero-order valence-corrected chi connectivity index (χ0v) is 15.4. The molecule has 1 aliphatic rings. The topological polar surface area (TPSA) is 42.4 Å². The Bertz CT molecular complexity index is 936. The summed E-state index contributed by atoms with van der Waals surface area (Å²) in [6.45, 7) is 1.23. The Kier molecular flexibility index (Phi) is 4.78. The zero-order chi connectivity index (χ0) is 18.1. The first kappa shape index (κ1) is 17.2. The molecule has 0 bridgehead atoms. The fourth-order valence-corrected chi connectivity index (χ4v) is 4.06. The van der Waals surface area contributed by atoms with Gasteiger partial charge in [0.15, 0.2) is 0 Å². The molecule has 1 amide bonds. The molecular formula is C19H16ClFN2O2S. The molecule has 0 radical (unpaired) electrons. The number of benzene rings is 2. The van der Waals surface area contributed by atoms with E-state index in [4.69, 9.17) is 16.3 Å². The fraction of sp³-hybridized carbons (Fsp3) is 0.263. The van der Waals surface area contributed by atoms with Crippen molar-refractivity contribution in [1.29, 1.82) is 0 Å². The zero-order valence-electron chi connectivity index (χ0n) is 13.8. The summed E-state index contributed by atoms with van der Waals surface area (Å²) in [6, 6.07) is 11.8. The Morgan fingerprint density at radius 1 is 1.19 bits per heavy atom. The van der Waals surface area contributed by atoms with Crippen LogP contribution < -0.4 is 4.74 Å². The number of hydrogen-bond donors (Lipinski definition) is 0. The van der Waals surface area contributed by atoms with Gasteiger partial charge >= 0.3 is 0 Å². The number of carbonyl (C=O) groups is 1. The normalized spacial score (nSPS) is 15.4. The van der Waals surface area contributed by atoms with Gasteiger partial charge in [-0.3, -0.25) is 4.79 Å². The standard InChI is InChI=1S/C19H16ClFN2O2S/c20-13-6-4-12(5-7-13)18(24)23-10-8-14(9-11-23)25-19-22-17-15(21)2-1-3-16(17)26-19/h1-7,14H,8-11H2. The highest BCUT2D eigenvalue weighted by molar-refractivity contribution is 7.20. The lowest BCUT2D eigenvalue weighted by Crippen LogP contribution is -2.41. The maximum atomic E-state index is 13.7. The molecule has 26 heavy (non-hydrogen) atoms. The van der Waals surface area contributed by atoms with Crippen molar-refractivity contribution in [2.75, 3.05) is 13.1 Å². The van der Waals surface area contributed by atoms with Crippen LogP contribution in [0.25, 0.3) is 10.2 Å². The molecule has 0 unspecified atom stereocenters. The summed E-state index contributed by atoms with van der Waals surface area (Å²) in [6.07, 6.45) is 1.42. The number of fused-ring (bicyclic) bond motifs is 1. The summed E-state index contributed by atoms with van der Waals surface area (Å²) in [5.74, 6) is -0.334. The van der Waals surface area contributed by atoms with Gasteiger partial charge in [-0.2, -0.15) is 4.98 Å². The molecule has 4 rings (SSSR count). The molecule has 1 aliphatic heterocycles. The molecule has 0 spiro atoms. The van der Waals surface area contributed by atoms with Crippen LogP contribution in [0.5, 0.6) is 5.19 Å². The molecule has 2 heterocycles. The van der Waals surface area contributed by atoms with Crippen molar-refractivity contribution in [3.63, 3.8) is 0 Å². The summed E-state index contributed by atoms with van der Waals surface area (Å²) in [4.78, 5) is 18.6. The lowest BCUT2D eigenvalue weighted by Gasteiger charge is -2.31. The Morgan fingerprint density at radius 3 is 2.62 bits per heavy atom. The van der Waals surface area contributed by atoms with Crippen LogP contribution in [0.1, 0.15) is 23.2 Å². The van der Waals surface area contributed by atoms with Gasteiger partial charge in [-0.1, -0.05) is 29.0 Å². The quantitative estimate of drug-likeness (QED) is 0.646. The second-order valence-corrected chi connectivity index (χ2v) is 7.61. The average Bonchev–Trinajstić information content (AvgIpc) is 3.06. The van der Waals surface area contributed by atoms with E-state index < -0.39 is 0 Å². The Balaban J connectivity index is 1.37. The van der Waals surface area contributed by atoms with Gasteiger partial charge in [0, 0.05) is 36.5 Å². The van der Waals surface area contributed by atoms with Gasteiger partial charge in [-0.05, 0) is 36.4 Å². The summed E-state index contributed by atoms with van der Waals surface area (Å²) in [5, 5.41) is 1.09. The summed E-state index contributed by atoms with van der Waals surface area (Å²) < 4.78 is 20.4. The van der Waals surface area contributed by atoms with Crippen molar-refractivity contribution in [2.45, 2.75) is 18.9 Å².